The molecule has 0 radical (unpaired) electrons. The Hall–Kier alpha value is -0.610. The van der Waals surface area contributed by atoms with Crippen molar-refractivity contribution in [1.29, 1.82) is 0 Å². The van der Waals surface area contributed by atoms with Gasteiger partial charge in [0.25, 0.3) is 0 Å². The molecule has 1 heterocycles. The number of ether oxygens (including phenoxy) is 1. The van der Waals surface area contributed by atoms with Gasteiger partial charge in [-0.2, -0.15) is 0 Å². The Morgan fingerprint density at radius 2 is 1.94 bits per heavy atom. The summed E-state index contributed by atoms with van der Waals surface area (Å²) < 4.78 is 5.83. The predicted molar refractivity (Wildman–Crippen MR) is 57.6 cm³/mol. The van der Waals surface area contributed by atoms with Crippen molar-refractivity contribution in [2.24, 2.45) is 5.92 Å². The van der Waals surface area contributed by atoms with E-state index in [-0.39, 0.29) is 0 Å². The molecule has 0 aromatic rings. The average Bonchev–Trinajstić information content (AvgIpc) is 1.98. The highest BCUT2D eigenvalue weighted by molar-refractivity contribution is 5.69. The third-order valence-corrected chi connectivity index (χ3v) is 3.82. The molecule has 0 aromatic carbocycles. The highest BCUT2D eigenvalue weighted by atomic mass is 16.5. The van der Waals surface area contributed by atoms with Crippen molar-refractivity contribution in [1.82, 2.24) is 0 Å². The normalized spacial score (nSPS) is 34.8. The summed E-state index contributed by atoms with van der Waals surface area (Å²) in [5.74, 6) is -1.70. The molecular formula is C12H21O4-. The summed E-state index contributed by atoms with van der Waals surface area (Å²) in [6.45, 7) is 8.65. The summed E-state index contributed by atoms with van der Waals surface area (Å²) in [6.07, 6.45) is 0.981. The second-order valence-corrected chi connectivity index (χ2v) is 5.91. The lowest BCUT2D eigenvalue weighted by Crippen LogP contribution is -2.61. The molecule has 0 saturated carbocycles. The van der Waals surface area contributed by atoms with Crippen LogP contribution in [0.25, 0.3) is 0 Å². The molecule has 1 aliphatic heterocycles. The van der Waals surface area contributed by atoms with Gasteiger partial charge in [-0.1, -0.05) is 0 Å². The van der Waals surface area contributed by atoms with Gasteiger partial charge >= 0.3 is 0 Å². The van der Waals surface area contributed by atoms with Crippen molar-refractivity contribution < 1.29 is 19.7 Å². The van der Waals surface area contributed by atoms with Gasteiger partial charge in [-0.3, -0.25) is 0 Å². The first-order valence-electron chi connectivity index (χ1n) is 5.63. The summed E-state index contributed by atoms with van der Waals surface area (Å²) in [5.41, 5.74) is -2.53. The number of carboxylic acids is 1. The SMILES string of the molecule is CC1(C)O[C@@](C)(C(C)(C)O)CC[C@H]1C(=O)[O-]. The van der Waals surface area contributed by atoms with E-state index in [1.54, 1.807) is 27.7 Å². The molecule has 1 aliphatic rings. The lowest BCUT2D eigenvalue weighted by molar-refractivity contribution is -0.330. The van der Waals surface area contributed by atoms with Crippen LogP contribution in [0.3, 0.4) is 0 Å². The minimum Gasteiger partial charge on any atom is -0.550 e. The molecule has 16 heavy (non-hydrogen) atoms. The van der Waals surface area contributed by atoms with E-state index in [2.05, 4.69) is 0 Å². The van der Waals surface area contributed by atoms with Crippen LogP contribution in [0, 0.1) is 5.92 Å². The van der Waals surface area contributed by atoms with Gasteiger partial charge in [0.05, 0.1) is 16.8 Å². The van der Waals surface area contributed by atoms with E-state index in [0.29, 0.717) is 12.8 Å². The van der Waals surface area contributed by atoms with Crippen LogP contribution in [0.5, 0.6) is 0 Å². The molecule has 1 saturated heterocycles. The molecule has 0 bridgehead atoms. The van der Waals surface area contributed by atoms with Crippen molar-refractivity contribution >= 4 is 5.97 Å². The highest BCUT2D eigenvalue weighted by Crippen LogP contribution is 2.43. The molecule has 4 heteroatoms. The number of aliphatic hydroxyl groups is 1. The zero-order valence-corrected chi connectivity index (χ0v) is 10.7. The van der Waals surface area contributed by atoms with Gasteiger partial charge in [-0.25, -0.2) is 0 Å². The van der Waals surface area contributed by atoms with Gasteiger partial charge in [0.1, 0.15) is 0 Å². The van der Waals surface area contributed by atoms with E-state index in [1.807, 2.05) is 6.92 Å². The van der Waals surface area contributed by atoms with Crippen molar-refractivity contribution in [3.63, 3.8) is 0 Å². The third-order valence-electron chi connectivity index (χ3n) is 3.82. The van der Waals surface area contributed by atoms with Gasteiger partial charge < -0.3 is 19.7 Å². The van der Waals surface area contributed by atoms with Crippen LogP contribution < -0.4 is 5.11 Å². The minimum absolute atomic E-state index is 0.468. The molecular weight excluding hydrogens is 208 g/mol. The quantitative estimate of drug-likeness (QED) is 0.747. The molecule has 1 N–H and O–H groups in total. The molecule has 0 amide bonds. The van der Waals surface area contributed by atoms with E-state index in [0.717, 1.165) is 0 Å². The highest BCUT2D eigenvalue weighted by Gasteiger charge is 2.50. The Morgan fingerprint density at radius 3 is 2.25 bits per heavy atom. The Morgan fingerprint density at radius 1 is 1.44 bits per heavy atom. The largest absolute Gasteiger partial charge is 0.550 e. The second-order valence-electron chi connectivity index (χ2n) is 5.91. The summed E-state index contributed by atoms with van der Waals surface area (Å²) in [6, 6.07) is 0. The van der Waals surface area contributed by atoms with Crippen LogP contribution in [0.1, 0.15) is 47.5 Å². The van der Waals surface area contributed by atoms with Crippen LogP contribution >= 0.6 is 0 Å². The van der Waals surface area contributed by atoms with Gasteiger partial charge in [0.15, 0.2) is 0 Å². The van der Waals surface area contributed by atoms with E-state index in [9.17, 15) is 15.0 Å². The molecule has 0 spiro atoms. The Bertz CT molecular complexity index is 290. The van der Waals surface area contributed by atoms with Crippen LogP contribution in [0.2, 0.25) is 0 Å². The smallest absolute Gasteiger partial charge is 0.0942 e. The minimum atomic E-state index is -1.08. The van der Waals surface area contributed by atoms with Gasteiger partial charge in [-0.05, 0) is 47.5 Å². The van der Waals surface area contributed by atoms with Crippen molar-refractivity contribution in [2.45, 2.75) is 64.3 Å². The summed E-state index contributed by atoms with van der Waals surface area (Å²) in [5, 5.41) is 21.0. The fourth-order valence-electron chi connectivity index (χ4n) is 2.30. The maximum atomic E-state index is 11.0. The van der Waals surface area contributed by atoms with Crippen LogP contribution in [0.15, 0.2) is 0 Å². The summed E-state index contributed by atoms with van der Waals surface area (Å²) >= 11 is 0. The Balaban J connectivity index is 2.94. The zero-order valence-electron chi connectivity index (χ0n) is 10.7. The topological polar surface area (TPSA) is 69.6 Å². The Labute approximate surface area is 96.6 Å². The predicted octanol–water partition coefficient (Wildman–Crippen LogP) is 0.471. The lowest BCUT2D eigenvalue weighted by atomic mass is 9.73. The first-order valence-corrected chi connectivity index (χ1v) is 5.63. The second kappa shape index (κ2) is 3.70. The number of hydrogen-bond donors (Lipinski definition) is 1. The van der Waals surface area contributed by atoms with Gasteiger partial charge in [-0.15, -0.1) is 0 Å². The molecule has 1 rings (SSSR count). The van der Waals surface area contributed by atoms with E-state index in [1.165, 1.54) is 0 Å². The summed E-state index contributed by atoms with van der Waals surface area (Å²) in [7, 11) is 0. The number of carbonyl (C=O) groups excluding carboxylic acids is 1. The van der Waals surface area contributed by atoms with Crippen molar-refractivity contribution in [2.75, 3.05) is 0 Å². The molecule has 94 valence electrons. The molecule has 2 atom stereocenters. The number of rotatable bonds is 2. The number of carboxylic acid groups (broad SMARTS) is 1. The van der Waals surface area contributed by atoms with Crippen LogP contribution in [-0.2, 0) is 9.53 Å². The monoisotopic (exact) mass is 229 g/mol. The maximum Gasteiger partial charge on any atom is 0.0942 e. The molecule has 0 unspecified atom stereocenters. The number of carbonyl (C=O) groups is 1. The first kappa shape index (κ1) is 13.5. The van der Waals surface area contributed by atoms with E-state index in [4.69, 9.17) is 4.74 Å². The van der Waals surface area contributed by atoms with Crippen molar-refractivity contribution in [3.05, 3.63) is 0 Å². The average molecular weight is 229 g/mol. The van der Waals surface area contributed by atoms with E-state index >= 15 is 0 Å². The number of hydrogen-bond acceptors (Lipinski definition) is 4. The Kier molecular flexibility index (Phi) is 3.12. The van der Waals surface area contributed by atoms with Gasteiger partial charge in [0.2, 0.25) is 0 Å². The van der Waals surface area contributed by atoms with Crippen LogP contribution in [0.4, 0.5) is 0 Å². The molecule has 0 aromatic heterocycles. The van der Waals surface area contributed by atoms with Gasteiger partial charge in [0, 0.05) is 11.9 Å². The molecule has 0 aliphatic carbocycles. The fraction of sp³-hybridized carbons (Fsp3) is 0.917. The van der Waals surface area contributed by atoms with E-state index < -0.39 is 28.7 Å². The maximum absolute atomic E-state index is 11.0. The van der Waals surface area contributed by atoms with Crippen molar-refractivity contribution in [3.8, 4) is 0 Å². The third kappa shape index (κ3) is 2.23. The standard InChI is InChI=1S/C12H22O4/c1-10(2)8(9(13)14)6-7-12(5,16-10)11(3,4)15/h8,15H,6-7H2,1-5H3,(H,13,14)/p-1/t8-,12+/m0/s1. The molecule has 1 fully saturated rings. The van der Waals surface area contributed by atoms with Crippen LogP contribution in [-0.4, -0.2) is 27.9 Å². The molecule has 4 nitrogen and oxygen atoms in total. The summed E-state index contributed by atoms with van der Waals surface area (Å²) in [4.78, 5) is 11.0. The zero-order chi connectivity index (χ0) is 12.8. The number of aliphatic carboxylic acids is 1. The lowest BCUT2D eigenvalue weighted by Gasteiger charge is -2.52. The fourth-order valence-corrected chi connectivity index (χ4v) is 2.30. The first-order chi connectivity index (χ1) is 7.00.